The van der Waals surface area contributed by atoms with Crippen LogP contribution in [0, 0.1) is 0 Å². The van der Waals surface area contributed by atoms with Gasteiger partial charge in [-0.1, -0.05) is 64.1 Å². The van der Waals surface area contributed by atoms with E-state index in [0.717, 1.165) is 111 Å². The first-order valence-corrected chi connectivity index (χ1v) is 32.5. The Hall–Kier alpha value is -8.04. The van der Waals surface area contributed by atoms with Gasteiger partial charge in [-0.15, -0.1) is 0 Å². The number of likely N-dealkylation sites (N-methyl/N-ethyl adjacent to an activating group) is 4. The molecule has 496 valence electrons. The summed E-state index contributed by atoms with van der Waals surface area (Å²) in [5.41, 5.74) is 10.2. The highest BCUT2D eigenvalue weighted by Gasteiger charge is 2.33. The average Bonchev–Trinajstić information content (AvgIpc) is 1.70. The fraction of sp³-hybridized carbons (Fsp3) is 0.478. The van der Waals surface area contributed by atoms with E-state index in [-0.39, 0.29) is 61.9 Å². The summed E-state index contributed by atoms with van der Waals surface area (Å²) in [6, 6.07) is 29.5. The minimum absolute atomic E-state index is 0.00472. The lowest BCUT2D eigenvalue weighted by atomic mass is 9.95. The molecule has 2 aliphatic heterocycles. The number of hydrogen-bond acceptors (Lipinski definition) is 21. The molecule has 11 rings (SSSR count). The summed E-state index contributed by atoms with van der Waals surface area (Å²) in [6.45, 7) is 12.6. The number of nitrogens with one attached hydrogen (secondary N) is 5. The Labute approximate surface area is 543 Å². The zero-order valence-corrected chi connectivity index (χ0v) is 54.8. The number of anilines is 3. The first-order valence-electron chi connectivity index (χ1n) is 32.5. The molecule has 0 bridgehead atoms. The van der Waals surface area contributed by atoms with Crippen molar-refractivity contribution in [3.63, 3.8) is 0 Å². The van der Waals surface area contributed by atoms with Crippen LogP contribution in [0.5, 0.6) is 17.2 Å². The number of fused-ring (bicyclic) bond motifs is 3. The maximum absolute atomic E-state index is 10.5. The van der Waals surface area contributed by atoms with E-state index in [1.807, 2.05) is 130 Å². The molecule has 6 aromatic heterocycles. The molecular weight excluding hydrogens is 1180 g/mol. The number of aliphatic hydroxyl groups excluding tert-OH is 3. The Morgan fingerprint density at radius 1 is 0.548 bits per heavy atom. The number of methoxy groups -OCH3 is 1. The van der Waals surface area contributed by atoms with Gasteiger partial charge in [0, 0.05) is 91.9 Å². The third kappa shape index (κ3) is 16.1. The van der Waals surface area contributed by atoms with Crippen LogP contribution >= 0.6 is 0 Å². The number of rotatable bonds is 33. The van der Waals surface area contributed by atoms with E-state index in [0.29, 0.717) is 63.2 Å². The van der Waals surface area contributed by atoms with Crippen LogP contribution in [-0.2, 0) is 14.2 Å². The standard InChI is InChI=1S/C69H91N15O9/c1-42(2)58-34-73-82-64(28-61(78-67(58)82)45-13-10-16-53(23-45)91-39-50(85)31-70-5)76-48-26-56(89-37-48)21-43(3)59-35-74-83-65(29-62(79-68(59)83)46-14-11-17-54(24-46)92-40-51(86)32-71-6)77-49-27-57(90-38-49)22-44(4)60-36-75-84-66(81(8)19-20-88-9)30-63(80-69(60)84)47-15-12-18-55(25-47)93-41-52(87)33-72-7/h10-18,23-25,28-30,34-36,42-44,48-52,56-57,70-72,76-77,85-87H,19-22,26-27,31-33,37-41H2,1-9H3/t43?,44?,48-,49+,50?,51?,52?,56?,57?/m0/s1. The normalized spacial score (nSPS) is 18.3. The second-order valence-electron chi connectivity index (χ2n) is 25.1. The number of aliphatic hydroxyl groups is 3. The van der Waals surface area contributed by atoms with Gasteiger partial charge in [-0.05, 0) is 101 Å². The van der Waals surface area contributed by atoms with Crippen LogP contribution in [0.15, 0.2) is 110 Å². The first kappa shape index (κ1) is 66.4. The molecule has 0 aliphatic carbocycles. The van der Waals surface area contributed by atoms with E-state index in [4.69, 9.17) is 58.7 Å². The van der Waals surface area contributed by atoms with Crippen LogP contribution in [-0.4, -0.2) is 203 Å². The number of hydrogen-bond donors (Lipinski definition) is 8. The Morgan fingerprint density at radius 2 is 0.946 bits per heavy atom. The average molecular weight is 1270 g/mol. The topological polar surface area (TPSA) is 270 Å². The van der Waals surface area contributed by atoms with Crippen LogP contribution < -0.4 is 45.7 Å². The molecule has 0 amide bonds. The Kier molecular flexibility index (Phi) is 22.0. The number of nitrogens with zero attached hydrogens (tertiary/aromatic N) is 10. The quantitative estimate of drug-likeness (QED) is 0.0199. The van der Waals surface area contributed by atoms with Crippen LogP contribution in [0.3, 0.4) is 0 Å². The van der Waals surface area contributed by atoms with Crippen molar-refractivity contribution in [3.05, 3.63) is 126 Å². The fourth-order valence-electron chi connectivity index (χ4n) is 12.4. The van der Waals surface area contributed by atoms with E-state index in [9.17, 15) is 15.3 Å². The Balaban J connectivity index is 0.814. The van der Waals surface area contributed by atoms with E-state index >= 15 is 0 Å². The smallest absolute Gasteiger partial charge is 0.161 e. The summed E-state index contributed by atoms with van der Waals surface area (Å²) >= 11 is 0. The molecule has 2 aliphatic rings. The van der Waals surface area contributed by atoms with Gasteiger partial charge in [0.25, 0.3) is 0 Å². The second-order valence-corrected chi connectivity index (χ2v) is 25.1. The van der Waals surface area contributed by atoms with Gasteiger partial charge in [0.1, 0.15) is 72.8 Å². The molecular formula is C69H91N15O9. The monoisotopic (exact) mass is 1270 g/mol. The molecule has 3 aromatic carbocycles. The zero-order chi connectivity index (χ0) is 65.1. The predicted molar refractivity (Wildman–Crippen MR) is 360 cm³/mol. The van der Waals surface area contributed by atoms with Crippen molar-refractivity contribution in [3.8, 4) is 51.0 Å². The van der Waals surface area contributed by atoms with Crippen molar-refractivity contribution >= 4 is 34.4 Å². The van der Waals surface area contributed by atoms with Crippen LogP contribution in [0.25, 0.3) is 50.7 Å². The molecule has 8 heterocycles. The predicted octanol–water partition coefficient (Wildman–Crippen LogP) is 7.43. The lowest BCUT2D eigenvalue weighted by molar-refractivity contribution is 0.0984. The lowest BCUT2D eigenvalue weighted by Crippen LogP contribution is -2.29. The van der Waals surface area contributed by atoms with E-state index in [1.165, 1.54) is 0 Å². The van der Waals surface area contributed by atoms with Gasteiger partial charge in [-0.2, -0.15) is 28.8 Å². The summed E-state index contributed by atoms with van der Waals surface area (Å²) in [7, 11) is 9.13. The van der Waals surface area contributed by atoms with Crippen molar-refractivity contribution in [2.45, 2.75) is 114 Å². The van der Waals surface area contributed by atoms with Gasteiger partial charge in [0.2, 0.25) is 0 Å². The largest absolute Gasteiger partial charge is 0.491 e. The third-order valence-electron chi connectivity index (χ3n) is 17.3. The number of benzene rings is 3. The molecule has 24 nitrogen and oxygen atoms in total. The van der Waals surface area contributed by atoms with E-state index < -0.39 is 18.3 Å². The van der Waals surface area contributed by atoms with Gasteiger partial charge in [0.05, 0.1) is 79.8 Å². The maximum Gasteiger partial charge on any atom is 0.161 e. The molecule has 8 N–H and O–H groups in total. The molecule has 0 spiro atoms. The van der Waals surface area contributed by atoms with Gasteiger partial charge in [0.15, 0.2) is 16.9 Å². The van der Waals surface area contributed by atoms with Crippen LogP contribution in [0.2, 0.25) is 0 Å². The van der Waals surface area contributed by atoms with Gasteiger partial charge in [-0.3, -0.25) is 0 Å². The second kappa shape index (κ2) is 30.8. The summed E-state index contributed by atoms with van der Waals surface area (Å²) in [5, 5.41) is 62.6. The summed E-state index contributed by atoms with van der Waals surface area (Å²) in [5.74, 6) is 4.63. The van der Waals surface area contributed by atoms with E-state index in [1.54, 1.807) is 28.3 Å². The molecule has 9 atom stereocenters. The molecule has 2 fully saturated rings. The van der Waals surface area contributed by atoms with Crippen molar-refractivity contribution in [2.24, 2.45) is 0 Å². The summed E-state index contributed by atoms with van der Waals surface area (Å²) in [6.07, 6.45) is 6.67. The highest BCUT2D eigenvalue weighted by Crippen LogP contribution is 2.38. The van der Waals surface area contributed by atoms with Crippen molar-refractivity contribution in [2.75, 3.05) is 117 Å². The third-order valence-corrected chi connectivity index (χ3v) is 17.3. The van der Waals surface area contributed by atoms with Gasteiger partial charge < -0.3 is 75.2 Å². The molecule has 24 heteroatoms. The fourth-order valence-corrected chi connectivity index (χ4v) is 12.4. The SMILES string of the molecule is CNCC(O)COc1cccc(-c2cc(N[C@@H]3COC(CC(C)c4cnn5c(N[C@H]6COC(CC(C)c7cnn8c(N(C)CCOC)cc(-c9cccc(OCC(O)CNC)c9)nc78)C6)cc(-c6cccc(OCC(O)CNC)c6)nc45)C3)n3ncc(C(C)C)c3n2)c1. The van der Waals surface area contributed by atoms with Crippen LogP contribution in [0.4, 0.5) is 17.5 Å². The number of aromatic nitrogens is 9. The summed E-state index contributed by atoms with van der Waals surface area (Å²) < 4.78 is 42.5. The Bertz CT molecular complexity index is 3920. The molecule has 93 heavy (non-hydrogen) atoms. The Morgan fingerprint density at radius 3 is 1.37 bits per heavy atom. The number of ether oxygens (including phenoxy) is 6. The lowest BCUT2D eigenvalue weighted by Gasteiger charge is -2.21. The van der Waals surface area contributed by atoms with E-state index in [2.05, 4.69) is 59.2 Å². The minimum Gasteiger partial charge on any atom is -0.491 e. The first-order chi connectivity index (χ1) is 45.1. The molecule has 7 unspecified atom stereocenters. The van der Waals surface area contributed by atoms with Crippen molar-refractivity contribution < 1.29 is 43.7 Å². The molecule has 9 aromatic rings. The van der Waals surface area contributed by atoms with Crippen molar-refractivity contribution in [1.29, 1.82) is 0 Å². The maximum atomic E-state index is 10.5. The minimum atomic E-state index is -0.672. The highest BCUT2D eigenvalue weighted by molar-refractivity contribution is 5.72. The highest BCUT2D eigenvalue weighted by atomic mass is 16.5. The zero-order valence-electron chi connectivity index (χ0n) is 54.8. The summed E-state index contributed by atoms with van der Waals surface area (Å²) in [4.78, 5) is 17.9. The molecule has 2 saturated heterocycles. The molecule has 0 radical (unpaired) electrons. The van der Waals surface area contributed by atoms with Crippen molar-refractivity contribution in [1.82, 2.24) is 59.7 Å². The van der Waals surface area contributed by atoms with Gasteiger partial charge >= 0.3 is 0 Å². The molecule has 0 saturated carbocycles. The van der Waals surface area contributed by atoms with Gasteiger partial charge in [-0.25, -0.2) is 15.0 Å². The van der Waals surface area contributed by atoms with Crippen LogP contribution in [0.1, 0.15) is 87.8 Å².